The van der Waals surface area contributed by atoms with Crippen LogP contribution in [-0.2, 0) is 21.4 Å². The van der Waals surface area contributed by atoms with Crippen molar-refractivity contribution < 1.29 is 13.2 Å². The summed E-state index contributed by atoms with van der Waals surface area (Å²) in [7, 11) is 1.37. The number of sulfonamides is 1. The second-order valence-electron chi connectivity index (χ2n) is 7.43. The third-order valence-electron chi connectivity index (χ3n) is 4.48. The minimum atomic E-state index is -3.48. The zero-order valence-electron chi connectivity index (χ0n) is 17.4. The number of rotatable bonds is 7. The first-order chi connectivity index (χ1) is 13.0. The van der Waals surface area contributed by atoms with Gasteiger partial charge in [-0.3, -0.25) is 9.69 Å². The molecule has 6 nitrogen and oxygen atoms in total. The van der Waals surface area contributed by atoms with Gasteiger partial charge in [-0.2, -0.15) is 0 Å². The average molecular weight is 404 g/mol. The normalized spacial score (nSPS) is 11.9. The van der Waals surface area contributed by atoms with Gasteiger partial charge in [0, 0.05) is 26.3 Å². The summed E-state index contributed by atoms with van der Waals surface area (Å²) in [6.45, 7) is 6.67. The van der Waals surface area contributed by atoms with E-state index < -0.39 is 10.0 Å². The molecule has 0 aliphatic heterocycles. The molecule has 7 heteroatoms. The number of carbonyl (C=O) groups is 1. The van der Waals surface area contributed by atoms with E-state index in [-0.39, 0.29) is 17.3 Å². The van der Waals surface area contributed by atoms with Crippen LogP contribution in [0.15, 0.2) is 41.3 Å². The topological polar surface area (TPSA) is 69.7 Å². The van der Waals surface area contributed by atoms with Crippen molar-refractivity contribution in [2.24, 2.45) is 0 Å². The van der Waals surface area contributed by atoms with Gasteiger partial charge >= 0.3 is 0 Å². The highest BCUT2D eigenvalue weighted by atomic mass is 32.2. The maximum absolute atomic E-state index is 12.5. The molecule has 0 fully saturated rings. The lowest BCUT2D eigenvalue weighted by Gasteiger charge is -2.19. The minimum Gasteiger partial charge on any atom is -0.324 e. The molecule has 1 amide bonds. The lowest BCUT2D eigenvalue weighted by molar-refractivity contribution is -0.117. The zero-order chi connectivity index (χ0) is 21.1. The third kappa shape index (κ3) is 5.41. The number of hydrogen-bond acceptors (Lipinski definition) is 4. The predicted octanol–water partition coefficient (Wildman–Crippen LogP) is 2.93. The fourth-order valence-corrected chi connectivity index (χ4v) is 4.16. The van der Waals surface area contributed by atoms with E-state index >= 15 is 0 Å². The van der Waals surface area contributed by atoms with Crippen LogP contribution in [0.5, 0.6) is 0 Å². The van der Waals surface area contributed by atoms with E-state index in [0.29, 0.717) is 6.54 Å². The lowest BCUT2D eigenvalue weighted by atomic mass is 10.1. The maximum Gasteiger partial charge on any atom is 0.242 e. The predicted molar refractivity (Wildman–Crippen MR) is 113 cm³/mol. The number of nitrogens with zero attached hydrogens (tertiary/aromatic N) is 2. The summed E-state index contributed by atoms with van der Waals surface area (Å²) >= 11 is 0. The van der Waals surface area contributed by atoms with Gasteiger partial charge in [-0.25, -0.2) is 12.7 Å². The molecule has 2 aromatic rings. The van der Waals surface area contributed by atoms with Crippen LogP contribution in [0.25, 0.3) is 0 Å². The highest BCUT2D eigenvalue weighted by Crippen LogP contribution is 2.22. The van der Waals surface area contributed by atoms with E-state index in [1.807, 2.05) is 50.9 Å². The number of benzene rings is 2. The molecule has 0 aliphatic carbocycles. The molecule has 0 radical (unpaired) electrons. The molecule has 0 bridgehead atoms. The largest absolute Gasteiger partial charge is 0.324 e. The first-order valence-corrected chi connectivity index (χ1v) is 10.5. The quantitative estimate of drug-likeness (QED) is 0.772. The summed E-state index contributed by atoms with van der Waals surface area (Å²) in [4.78, 5) is 14.6. The van der Waals surface area contributed by atoms with E-state index in [1.54, 1.807) is 18.2 Å². The van der Waals surface area contributed by atoms with Crippen molar-refractivity contribution in [3.8, 4) is 0 Å². The first-order valence-electron chi connectivity index (χ1n) is 9.08. The van der Waals surface area contributed by atoms with Crippen LogP contribution in [0.2, 0.25) is 0 Å². The van der Waals surface area contributed by atoms with Crippen LogP contribution in [0.1, 0.15) is 22.3 Å². The van der Waals surface area contributed by atoms with Gasteiger partial charge in [0.15, 0.2) is 0 Å². The van der Waals surface area contributed by atoms with Crippen LogP contribution in [-0.4, -0.2) is 51.2 Å². The van der Waals surface area contributed by atoms with Crippen molar-refractivity contribution in [3.63, 3.8) is 0 Å². The summed E-state index contributed by atoms with van der Waals surface area (Å²) in [6, 6.07) is 10.9. The summed E-state index contributed by atoms with van der Waals surface area (Å²) in [5, 5.41) is 2.99. The van der Waals surface area contributed by atoms with E-state index in [9.17, 15) is 13.2 Å². The number of carbonyl (C=O) groups excluding carboxylic acids is 1. The molecule has 2 aromatic carbocycles. The number of likely N-dealkylation sites (N-methyl/N-ethyl adjacent to an activating group) is 1. The molecular weight excluding hydrogens is 374 g/mol. The molecule has 152 valence electrons. The molecule has 0 spiro atoms. The Bertz CT molecular complexity index is 946. The fraction of sp³-hybridized carbons (Fsp3) is 0.381. The van der Waals surface area contributed by atoms with Crippen LogP contribution >= 0.6 is 0 Å². The van der Waals surface area contributed by atoms with Crippen LogP contribution < -0.4 is 5.32 Å². The van der Waals surface area contributed by atoms with Gasteiger partial charge in [-0.1, -0.05) is 29.8 Å². The molecule has 0 atom stereocenters. The van der Waals surface area contributed by atoms with Gasteiger partial charge in [-0.05, 0) is 56.6 Å². The Morgan fingerprint density at radius 2 is 1.61 bits per heavy atom. The Kier molecular flexibility index (Phi) is 6.98. The Balaban J connectivity index is 2.05. The number of hydrogen-bond donors (Lipinski definition) is 1. The smallest absolute Gasteiger partial charge is 0.242 e. The standard InChI is InChI=1S/C21H29N3O3S/c1-15-10-16(2)21(17(3)11-15)22-20(25)14-24(6)13-18-8-7-9-19(12-18)28(26,27)23(4)5/h7-12H,13-14H2,1-6H3,(H,22,25). The number of anilines is 1. The summed E-state index contributed by atoms with van der Waals surface area (Å²) in [5.41, 5.74) is 4.92. The molecule has 0 aromatic heterocycles. The highest BCUT2D eigenvalue weighted by Gasteiger charge is 2.18. The Morgan fingerprint density at radius 1 is 1.00 bits per heavy atom. The van der Waals surface area contributed by atoms with E-state index in [1.165, 1.54) is 18.4 Å². The summed E-state index contributed by atoms with van der Waals surface area (Å²) in [6.07, 6.45) is 0. The van der Waals surface area contributed by atoms with Crippen molar-refractivity contribution in [2.45, 2.75) is 32.2 Å². The SMILES string of the molecule is Cc1cc(C)c(NC(=O)CN(C)Cc2cccc(S(=O)(=O)N(C)C)c2)c(C)c1. The molecule has 0 heterocycles. The molecule has 0 unspecified atom stereocenters. The fourth-order valence-electron chi connectivity index (χ4n) is 3.18. The van der Waals surface area contributed by atoms with Gasteiger partial charge < -0.3 is 5.32 Å². The minimum absolute atomic E-state index is 0.102. The average Bonchev–Trinajstić information content (AvgIpc) is 2.58. The van der Waals surface area contributed by atoms with Crippen molar-refractivity contribution in [1.82, 2.24) is 9.21 Å². The monoisotopic (exact) mass is 403 g/mol. The molecule has 1 N–H and O–H groups in total. The van der Waals surface area contributed by atoms with Crippen LogP contribution in [0, 0.1) is 20.8 Å². The van der Waals surface area contributed by atoms with E-state index in [4.69, 9.17) is 0 Å². The molecule has 2 rings (SSSR count). The van der Waals surface area contributed by atoms with Gasteiger partial charge in [0.05, 0.1) is 11.4 Å². The Morgan fingerprint density at radius 3 is 2.18 bits per heavy atom. The van der Waals surface area contributed by atoms with Gasteiger partial charge in [0.1, 0.15) is 0 Å². The van der Waals surface area contributed by atoms with Crippen molar-refractivity contribution in [3.05, 3.63) is 58.7 Å². The molecule has 0 saturated heterocycles. The van der Waals surface area contributed by atoms with E-state index in [2.05, 4.69) is 5.32 Å². The highest BCUT2D eigenvalue weighted by molar-refractivity contribution is 7.89. The molecule has 28 heavy (non-hydrogen) atoms. The van der Waals surface area contributed by atoms with Crippen LogP contribution in [0.4, 0.5) is 5.69 Å². The second kappa shape index (κ2) is 8.86. The summed E-state index contributed by atoms with van der Waals surface area (Å²) < 4.78 is 25.8. The zero-order valence-corrected chi connectivity index (χ0v) is 18.2. The number of nitrogens with one attached hydrogen (secondary N) is 1. The lowest BCUT2D eigenvalue weighted by Crippen LogP contribution is -2.30. The maximum atomic E-state index is 12.5. The van der Waals surface area contributed by atoms with Crippen LogP contribution in [0.3, 0.4) is 0 Å². The van der Waals surface area contributed by atoms with Gasteiger partial charge in [0.25, 0.3) is 0 Å². The van der Waals surface area contributed by atoms with Gasteiger partial charge in [-0.15, -0.1) is 0 Å². The van der Waals surface area contributed by atoms with Crippen molar-refractivity contribution >= 4 is 21.6 Å². The first kappa shape index (κ1) is 22.1. The van der Waals surface area contributed by atoms with Gasteiger partial charge in [0.2, 0.25) is 15.9 Å². The number of aryl methyl sites for hydroxylation is 3. The second-order valence-corrected chi connectivity index (χ2v) is 9.58. The Labute approximate surface area is 168 Å². The molecule has 0 saturated carbocycles. The molecule has 0 aliphatic rings. The third-order valence-corrected chi connectivity index (χ3v) is 6.30. The Hall–Kier alpha value is -2.22. The molecular formula is C21H29N3O3S. The van der Waals surface area contributed by atoms with Crippen molar-refractivity contribution in [1.29, 1.82) is 0 Å². The van der Waals surface area contributed by atoms with Crippen molar-refractivity contribution in [2.75, 3.05) is 33.0 Å². The number of amides is 1. The summed E-state index contributed by atoms with van der Waals surface area (Å²) in [5.74, 6) is -0.102. The van der Waals surface area contributed by atoms with E-state index in [0.717, 1.165) is 27.9 Å².